The van der Waals surface area contributed by atoms with E-state index in [1.165, 1.54) is 29.1 Å². The molecule has 0 aliphatic carbocycles. The highest BCUT2D eigenvalue weighted by molar-refractivity contribution is 7.07. The number of methoxy groups -OCH3 is 1. The minimum Gasteiger partial charge on any atom is -0.503 e. The summed E-state index contributed by atoms with van der Waals surface area (Å²) >= 11 is 13.5. The third kappa shape index (κ3) is 5.11. The van der Waals surface area contributed by atoms with Gasteiger partial charge >= 0.3 is 5.97 Å². The fourth-order valence-corrected chi connectivity index (χ4v) is 5.73. The van der Waals surface area contributed by atoms with Gasteiger partial charge in [-0.1, -0.05) is 77.0 Å². The number of hydrogen-bond donors (Lipinski definition) is 1. The van der Waals surface area contributed by atoms with Gasteiger partial charge in [0.05, 0.1) is 40.6 Å². The molecule has 5 rings (SSSR count). The smallest absolute Gasteiger partial charge is 0.338 e. The van der Waals surface area contributed by atoms with Crippen LogP contribution in [0, 0.1) is 0 Å². The van der Waals surface area contributed by atoms with E-state index in [0.717, 1.165) is 0 Å². The number of halogens is 2. The second kappa shape index (κ2) is 11.1. The molecule has 0 saturated heterocycles. The summed E-state index contributed by atoms with van der Waals surface area (Å²) in [5.74, 6) is -0.576. The molecule has 0 unspecified atom stereocenters. The molecule has 0 spiro atoms. The van der Waals surface area contributed by atoms with Crippen molar-refractivity contribution in [2.24, 2.45) is 4.99 Å². The van der Waals surface area contributed by atoms with Crippen LogP contribution in [0.2, 0.25) is 10.0 Å². The first-order valence-corrected chi connectivity index (χ1v) is 13.5. The molecule has 0 fully saturated rings. The molecule has 0 bridgehead atoms. The van der Waals surface area contributed by atoms with E-state index in [1.54, 1.807) is 43.3 Å². The molecule has 1 N–H and O–H groups in total. The lowest BCUT2D eigenvalue weighted by atomic mass is 9.93. The van der Waals surface area contributed by atoms with Crippen LogP contribution in [0.25, 0.3) is 11.8 Å². The fraction of sp³-hybridized carbons (Fsp3) is 0.138. The third-order valence-electron chi connectivity index (χ3n) is 6.13. The number of hydrogen-bond acceptors (Lipinski definition) is 7. The molecule has 39 heavy (non-hydrogen) atoms. The summed E-state index contributed by atoms with van der Waals surface area (Å²) in [7, 11) is 1.41. The maximum atomic E-state index is 13.9. The summed E-state index contributed by atoms with van der Waals surface area (Å²) in [5.41, 5.74) is 2.27. The first kappa shape index (κ1) is 26.7. The number of rotatable bonds is 6. The second-order valence-electron chi connectivity index (χ2n) is 8.54. The van der Waals surface area contributed by atoms with Crippen LogP contribution in [-0.4, -0.2) is 29.4 Å². The maximum absolute atomic E-state index is 13.9. The van der Waals surface area contributed by atoms with Crippen LogP contribution in [0.5, 0.6) is 11.5 Å². The number of phenolic OH excluding ortho intramolecular Hbond substituents is 1. The Kier molecular flexibility index (Phi) is 7.61. The Morgan fingerprint density at radius 2 is 1.85 bits per heavy atom. The Hall–Kier alpha value is -3.85. The summed E-state index contributed by atoms with van der Waals surface area (Å²) in [4.78, 5) is 32.6. The molecule has 3 aromatic carbocycles. The lowest BCUT2D eigenvalue weighted by molar-refractivity contribution is -0.138. The van der Waals surface area contributed by atoms with Gasteiger partial charge in [0.15, 0.2) is 16.3 Å². The van der Waals surface area contributed by atoms with E-state index in [1.807, 2.05) is 30.3 Å². The largest absolute Gasteiger partial charge is 0.503 e. The SMILES string of the molecule is CCOC(=O)C1=C(c2ccccc2)N=c2s/c(=C\c3cc(Cl)c(O)c(OC)c3)c(=O)n2[C@@H]1c1ccc(Cl)cc1. The Balaban J connectivity index is 1.82. The maximum Gasteiger partial charge on any atom is 0.338 e. The van der Waals surface area contributed by atoms with Crippen molar-refractivity contribution < 1.29 is 19.4 Å². The Labute approximate surface area is 237 Å². The van der Waals surface area contributed by atoms with Gasteiger partial charge in [-0.2, -0.15) is 0 Å². The zero-order valence-corrected chi connectivity index (χ0v) is 23.2. The minimum atomic E-state index is -0.812. The number of benzene rings is 3. The van der Waals surface area contributed by atoms with E-state index in [4.69, 9.17) is 37.7 Å². The lowest BCUT2D eigenvalue weighted by Gasteiger charge is -2.25. The number of ether oxygens (including phenoxy) is 2. The van der Waals surface area contributed by atoms with E-state index in [0.29, 0.717) is 36.7 Å². The zero-order chi connectivity index (χ0) is 27.7. The van der Waals surface area contributed by atoms with Crippen molar-refractivity contribution in [3.8, 4) is 11.5 Å². The van der Waals surface area contributed by atoms with Crippen molar-refractivity contribution in [2.75, 3.05) is 13.7 Å². The molecule has 198 valence electrons. The van der Waals surface area contributed by atoms with E-state index in [9.17, 15) is 14.7 Å². The van der Waals surface area contributed by atoms with E-state index in [-0.39, 0.29) is 34.3 Å². The third-order valence-corrected chi connectivity index (χ3v) is 7.65. The zero-order valence-electron chi connectivity index (χ0n) is 20.9. The minimum absolute atomic E-state index is 0.0865. The lowest BCUT2D eigenvalue weighted by Crippen LogP contribution is -2.40. The molecule has 0 amide bonds. The van der Waals surface area contributed by atoms with Crippen molar-refractivity contribution in [1.29, 1.82) is 0 Å². The standard InChI is InChI=1S/C29H22Cl2N2O5S/c1-3-38-28(36)23-24(17-7-5-4-6-8-17)32-29-33(25(23)18-9-11-19(30)12-10-18)27(35)22(39-29)15-16-13-20(31)26(34)21(14-16)37-2/h4-15,25,34H,3H2,1-2H3/b22-15-/t25-/m1/s1. The predicted octanol–water partition coefficient (Wildman–Crippen LogP) is 4.96. The number of esters is 1. The molecule has 1 aromatic heterocycles. The molecular weight excluding hydrogens is 559 g/mol. The van der Waals surface area contributed by atoms with Crippen LogP contribution in [0.15, 0.2) is 82.1 Å². The van der Waals surface area contributed by atoms with Crippen LogP contribution in [-0.2, 0) is 9.53 Å². The fourth-order valence-electron chi connectivity index (χ4n) is 4.38. The predicted molar refractivity (Wildman–Crippen MR) is 152 cm³/mol. The molecule has 4 aromatic rings. The van der Waals surface area contributed by atoms with Crippen molar-refractivity contribution in [3.05, 3.63) is 119 Å². The highest BCUT2D eigenvalue weighted by Gasteiger charge is 2.35. The van der Waals surface area contributed by atoms with E-state index >= 15 is 0 Å². The Bertz CT molecular complexity index is 1780. The molecule has 10 heteroatoms. The number of carbonyl (C=O) groups excluding carboxylic acids is 1. The summed E-state index contributed by atoms with van der Waals surface area (Å²) in [5, 5.41) is 10.7. The van der Waals surface area contributed by atoms with Gasteiger partial charge in [-0.25, -0.2) is 9.79 Å². The van der Waals surface area contributed by atoms with Crippen molar-refractivity contribution in [1.82, 2.24) is 4.57 Å². The first-order valence-electron chi connectivity index (χ1n) is 11.9. The number of fused-ring (bicyclic) bond motifs is 1. The highest BCUT2D eigenvalue weighted by Crippen LogP contribution is 2.36. The van der Waals surface area contributed by atoms with Crippen molar-refractivity contribution in [2.45, 2.75) is 13.0 Å². The van der Waals surface area contributed by atoms with Gasteiger partial charge in [0.2, 0.25) is 0 Å². The Morgan fingerprint density at radius 3 is 2.51 bits per heavy atom. The number of nitrogens with zero attached hydrogens (tertiary/aromatic N) is 2. The highest BCUT2D eigenvalue weighted by atomic mass is 35.5. The number of thiazole rings is 1. The summed E-state index contributed by atoms with van der Waals surface area (Å²) < 4.78 is 12.5. The van der Waals surface area contributed by atoms with Gasteiger partial charge in [-0.05, 0) is 48.4 Å². The molecule has 1 aliphatic heterocycles. The molecule has 0 radical (unpaired) electrons. The summed E-state index contributed by atoms with van der Waals surface area (Å²) in [6.07, 6.45) is 1.65. The van der Waals surface area contributed by atoms with Gasteiger partial charge in [0.1, 0.15) is 0 Å². The van der Waals surface area contributed by atoms with Crippen molar-refractivity contribution in [3.63, 3.8) is 0 Å². The average Bonchev–Trinajstić information content (AvgIpc) is 3.25. The topological polar surface area (TPSA) is 90.1 Å². The average molecular weight is 581 g/mol. The van der Waals surface area contributed by atoms with E-state index < -0.39 is 12.0 Å². The monoisotopic (exact) mass is 580 g/mol. The Morgan fingerprint density at radius 1 is 1.13 bits per heavy atom. The van der Waals surface area contributed by atoms with Gasteiger partial charge in [0.25, 0.3) is 5.56 Å². The number of carbonyl (C=O) groups is 1. The van der Waals surface area contributed by atoms with Crippen LogP contribution < -0.4 is 19.6 Å². The van der Waals surface area contributed by atoms with Crippen LogP contribution in [0.4, 0.5) is 0 Å². The van der Waals surface area contributed by atoms with Gasteiger partial charge in [-0.15, -0.1) is 0 Å². The first-order chi connectivity index (χ1) is 18.8. The van der Waals surface area contributed by atoms with Gasteiger partial charge < -0.3 is 14.6 Å². The van der Waals surface area contributed by atoms with Crippen molar-refractivity contribution >= 4 is 52.3 Å². The normalized spacial score (nSPS) is 15.1. The quantitative estimate of drug-likeness (QED) is 0.326. The molecule has 7 nitrogen and oxygen atoms in total. The molecular formula is C29H22Cl2N2O5S. The van der Waals surface area contributed by atoms with Gasteiger partial charge in [0, 0.05) is 10.6 Å². The van der Waals surface area contributed by atoms with Gasteiger partial charge in [-0.3, -0.25) is 9.36 Å². The summed E-state index contributed by atoms with van der Waals surface area (Å²) in [6.45, 7) is 1.88. The second-order valence-corrected chi connectivity index (χ2v) is 10.4. The molecule has 2 heterocycles. The molecule has 0 saturated carbocycles. The number of phenols is 1. The molecule has 1 atom stereocenters. The van der Waals surface area contributed by atoms with Crippen LogP contribution in [0.3, 0.4) is 0 Å². The number of aromatic nitrogens is 1. The van der Waals surface area contributed by atoms with Crippen LogP contribution >= 0.6 is 34.5 Å². The van der Waals surface area contributed by atoms with Crippen LogP contribution in [0.1, 0.15) is 29.7 Å². The van der Waals surface area contributed by atoms with E-state index in [2.05, 4.69) is 0 Å². The number of aromatic hydroxyl groups is 1. The summed E-state index contributed by atoms with van der Waals surface area (Å²) in [6, 6.07) is 18.6. The molecule has 1 aliphatic rings.